The molecule has 2 aliphatic rings. The molecule has 2 aromatic rings. The molecule has 0 bridgehead atoms. The van der Waals surface area contributed by atoms with Crippen molar-refractivity contribution in [3.05, 3.63) is 33.6 Å². The van der Waals surface area contributed by atoms with Crippen LogP contribution in [0.1, 0.15) is 41.1 Å². The van der Waals surface area contributed by atoms with Crippen molar-refractivity contribution in [1.29, 1.82) is 0 Å². The Hall–Kier alpha value is -1.24. The van der Waals surface area contributed by atoms with Crippen molar-refractivity contribution in [2.45, 2.75) is 45.4 Å². The predicted molar refractivity (Wildman–Crippen MR) is 83.7 cm³/mol. The van der Waals surface area contributed by atoms with Gasteiger partial charge in [-0.15, -0.1) is 11.3 Å². The Balaban J connectivity index is 1.39. The summed E-state index contributed by atoms with van der Waals surface area (Å²) < 4.78 is 11.5. The summed E-state index contributed by atoms with van der Waals surface area (Å²) in [6.07, 6.45) is 2.84. The van der Waals surface area contributed by atoms with E-state index in [1.165, 1.54) is 6.42 Å². The van der Waals surface area contributed by atoms with Gasteiger partial charge in [0.15, 0.2) is 0 Å². The molecular formula is C16H21N3O2S. The number of rotatable bonds is 3. The first-order valence-corrected chi connectivity index (χ1v) is 8.77. The third kappa shape index (κ3) is 2.83. The van der Waals surface area contributed by atoms with Gasteiger partial charge in [0.1, 0.15) is 16.9 Å². The second-order valence-electron chi connectivity index (χ2n) is 6.44. The van der Waals surface area contributed by atoms with Gasteiger partial charge in [-0.1, -0.05) is 5.16 Å². The van der Waals surface area contributed by atoms with E-state index < -0.39 is 0 Å². The molecule has 0 unspecified atom stereocenters. The van der Waals surface area contributed by atoms with Crippen LogP contribution >= 0.6 is 11.3 Å². The average Bonchev–Trinajstić information content (AvgIpc) is 3.18. The first-order chi connectivity index (χ1) is 10.7. The van der Waals surface area contributed by atoms with E-state index in [2.05, 4.69) is 20.4 Å². The molecule has 2 aromatic heterocycles. The minimum atomic E-state index is 0.197. The zero-order chi connectivity index (χ0) is 15.1. The standard InChI is InChI=1S/C16H21N3O2S/c1-10-9-22-16(17-10)14-6-12-3-4-19(8-15(12)20-14)7-13-5-11(2)21-18-13/h5,9,12,14-15H,3-4,6-8H2,1-2H3/t12-,14-,15+/m0/s1. The van der Waals surface area contributed by atoms with Gasteiger partial charge in [0, 0.05) is 30.2 Å². The maximum atomic E-state index is 6.30. The third-order valence-corrected chi connectivity index (χ3v) is 5.67. The lowest BCUT2D eigenvalue weighted by molar-refractivity contribution is -0.00987. The summed E-state index contributed by atoms with van der Waals surface area (Å²) in [4.78, 5) is 7.02. The van der Waals surface area contributed by atoms with Crippen molar-refractivity contribution in [2.75, 3.05) is 13.1 Å². The molecule has 0 aliphatic carbocycles. The first-order valence-electron chi connectivity index (χ1n) is 7.89. The normalized spacial score (nSPS) is 28.9. The van der Waals surface area contributed by atoms with Gasteiger partial charge in [-0.05, 0) is 39.2 Å². The number of ether oxygens (including phenoxy) is 1. The van der Waals surface area contributed by atoms with E-state index in [1.807, 2.05) is 19.9 Å². The Morgan fingerprint density at radius 1 is 1.41 bits per heavy atom. The summed E-state index contributed by atoms with van der Waals surface area (Å²) in [5.41, 5.74) is 2.11. The van der Waals surface area contributed by atoms with E-state index >= 15 is 0 Å². The van der Waals surface area contributed by atoms with Crippen LogP contribution in [-0.4, -0.2) is 34.2 Å². The van der Waals surface area contributed by atoms with Gasteiger partial charge < -0.3 is 9.26 Å². The summed E-state index contributed by atoms with van der Waals surface area (Å²) in [6.45, 7) is 6.93. The third-order valence-electron chi connectivity index (χ3n) is 4.61. The molecule has 3 atom stereocenters. The highest BCUT2D eigenvalue weighted by Crippen LogP contribution is 2.41. The molecule has 0 aromatic carbocycles. The number of hydrogen-bond acceptors (Lipinski definition) is 6. The van der Waals surface area contributed by atoms with Crippen LogP contribution < -0.4 is 0 Å². The molecule has 22 heavy (non-hydrogen) atoms. The summed E-state index contributed by atoms with van der Waals surface area (Å²) in [5, 5.41) is 7.35. The number of likely N-dealkylation sites (tertiary alicyclic amines) is 1. The molecule has 4 rings (SSSR count). The second-order valence-corrected chi connectivity index (χ2v) is 7.33. The highest BCUT2D eigenvalue weighted by atomic mass is 32.1. The molecule has 0 amide bonds. The average molecular weight is 319 g/mol. The zero-order valence-corrected chi connectivity index (χ0v) is 13.8. The number of aromatic nitrogens is 2. The van der Waals surface area contributed by atoms with Crippen LogP contribution in [0.2, 0.25) is 0 Å². The lowest BCUT2D eigenvalue weighted by Gasteiger charge is -2.33. The number of hydrogen-bond donors (Lipinski definition) is 0. The lowest BCUT2D eigenvalue weighted by atomic mass is 9.92. The van der Waals surface area contributed by atoms with Crippen molar-refractivity contribution in [3.63, 3.8) is 0 Å². The first kappa shape index (κ1) is 14.4. The Morgan fingerprint density at radius 2 is 2.32 bits per heavy atom. The van der Waals surface area contributed by atoms with Gasteiger partial charge in [0.2, 0.25) is 0 Å². The summed E-state index contributed by atoms with van der Waals surface area (Å²) in [5.74, 6) is 1.55. The van der Waals surface area contributed by atoms with Gasteiger partial charge in [-0.25, -0.2) is 4.98 Å². The fourth-order valence-electron chi connectivity index (χ4n) is 3.54. The Bertz CT molecular complexity index is 653. The highest BCUT2D eigenvalue weighted by molar-refractivity contribution is 7.09. The number of thiazole rings is 1. The molecule has 2 saturated heterocycles. The van der Waals surface area contributed by atoms with Crippen LogP contribution in [0.25, 0.3) is 0 Å². The maximum absolute atomic E-state index is 6.30. The minimum Gasteiger partial charge on any atom is -0.366 e. The summed E-state index contributed by atoms with van der Waals surface area (Å²) in [7, 11) is 0. The van der Waals surface area contributed by atoms with Crippen LogP contribution in [-0.2, 0) is 11.3 Å². The van der Waals surface area contributed by atoms with E-state index in [-0.39, 0.29) is 6.10 Å². The van der Waals surface area contributed by atoms with E-state index in [4.69, 9.17) is 9.26 Å². The zero-order valence-electron chi connectivity index (χ0n) is 13.0. The Morgan fingerprint density at radius 3 is 3.05 bits per heavy atom. The van der Waals surface area contributed by atoms with E-state index in [0.717, 1.165) is 48.2 Å². The minimum absolute atomic E-state index is 0.197. The number of piperidine rings is 1. The smallest absolute Gasteiger partial charge is 0.133 e. The topological polar surface area (TPSA) is 51.4 Å². The van der Waals surface area contributed by atoms with Crippen molar-refractivity contribution in [3.8, 4) is 0 Å². The molecule has 2 fully saturated rings. The molecule has 0 radical (unpaired) electrons. The van der Waals surface area contributed by atoms with Crippen molar-refractivity contribution in [2.24, 2.45) is 5.92 Å². The van der Waals surface area contributed by atoms with E-state index in [9.17, 15) is 0 Å². The van der Waals surface area contributed by atoms with Crippen LogP contribution in [0.4, 0.5) is 0 Å². The predicted octanol–water partition coefficient (Wildman–Crippen LogP) is 3.10. The molecule has 0 spiro atoms. The Kier molecular flexibility index (Phi) is 3.76. The second kappa shape index (κ2) is 5.76. The summed E-state index contributed by atoms with van der Waals surface area (Å²) >= 11 is 1.73. The summed E-state index contributed by atoms with van der Waals surface area (Å²) in [6, 6.07) is 2.02. The fourth-order valence-corrected chi connectivity index (χ4v) is 4.38. The van der Waals surface area contributed by atoms with Crippen LogP contribution in [0.5, 0.6) is 0 Å². The van der Waals surface area contributed by atoms with Crippen molar-refractivity contribution in [1.82, 2.24) is 15.0 Å². The van der Waals surface area contributed by atoms with Crippen LogP contribution in [0.15, 0.2) is 16.0 Å². The number of nitrogens with zero attached hydrogens (tertiary/aromatic N) is 3. The molecule has 0 saturated carbocycles. The van der Waals surface area contributed by atoms with Gasteiger partial charge in [0.25, 0.3) is 0 Å². The Labute approximate surface area is 134 Å². The van der Waals surface area contributed by atoms with Gasteiger partial charge in [-0.3, -0.25) is 4.90 Å². The van der Waals surface area contributed by atoms with Crippen LogP contribution in [0, 0.1) is 19.8 Å². The van der Waals surface area contributed by atoms with Crippen LogP contribution in [0.3, 0.4) is 0 Å². The number of fused-ring (bicyclic) bond motifs is 1. The van der Waals surface area contributed by atoms with Gasteiger partial charge in [0.05, 0.1) is 11.8 Å². The van der Waals surface area contributed by atoms with E-state index in [1.54, 1.807) is 11.3 Å². The van der Waals surface area contributed by atoms with Gasteiger partial charge >= 0.3 is 0 Å². The van der Waals surface area contributed by atoms with Crippen molar-refractivity contribution >= 4 is 11.3 Å². The van der Waals surface area contributed by atoms with E-state index in [0.29, 0.717) is 12.0 Å². The quantitative estimate of drug-likeness (QED) is 0.870. The molecule has 0 N–H and O–H groups in total. The molecule has 118 valence electrons. The monoisotopic (exact) mass is 319 g/mol. The fraction of sp³-hybridized carbons (Fsp3) is 0.625. The van der Waals surface area contributed by atoms with Crippen molar-refractivity contribution < 1.29 is 9.26 Å². The molecule has 4 heterocycles. The van der Waals surface area contributed by atoms with Gasteiger partial charge in [-0.2, -0.15) is 0 Å². The molecule has 2 aliphatic heterocycles. The largest absolute Gasteiger partial charge is 0.366 e. The maximum Gasteiger partial charge on any atom is 0.133 e. The molecular weight excluding hydrogens is 298 g/mol. The molecule has 5 nitrogen and oxygen atoms in total. The molecule has 6 heteroatoms. The SMILES string of the molecule is Cc1csc([C@@H]2C[C@@H]3CCN(Cc4cc(C)on4)C[C@H]3O2)n1. The highest BCUT2D eigenvalue weighted by Gasteiger charge is 2.40. The number of aryl methyl sites for hydroxylation is 2. The lowest BCUT2D eigenvalue weighted by Crippen LogP contribution is -2.41.